The molecule has 0 radical (unpaired) electrons. The average Bonchev–Trinajstić information content (AvgIpc) is 2.33. The topological polar surface area (TPSA) is 84.2 Å². The van der Waals surface area contributed by atoms with Gasteiger partial charge < -0.3 is 10.6 Å². The maximum Gasteiger partial charge on any atom is 0.238 e. The van der Waals surface area contributed by atoms with E-state index in [1.54, 1.807) is 12.1 Å². The van der Waals surface area contributed by atoms with Gasteiger partial charge in [-0.2, -0.15) is 0 Å². The van der Waals surface area contributed by atoms with Crippen molar-refractivity contribution < 1.29 is 8.42 Å². The summed E-state index contributed by atoms with van der Waals surface area (Å²) in [5.41, 5.74) is 0.932. The van der Waals surface area contributed by atoms with Crippen molar-refractivity contribution in [2.75, 3.05) is 6.54 Å². The molecule has 5 nitrogen and oxygen atoms in total. The Morgan fingerprint density at radius 2 is 1.84 bits per heavy atom. The van der Waals surface area contributed by atoms with Gasteiger partial charge in [0, 0.05) is 13.1 Å². The molecule has 0 heterocycles. The molecular formula is C12H19N3O2S2. The summed E-state index contributed by atoms with van der Waals surface area (Å²) in [6.07, 6.45) is 0. The van der Waals surface area contributed by atoms with Gasteiger partial charge in [0.05, 0.1) is 4.90 Å². The Hall–Kier alpha value is -1.18. The van der Waals surface area contributed by atoms with Gasteiger partial charge in [-0.1, -0.05) is 26.0 Å². The zero-order valence-electron chi connectivity index (χ0n) is 11.0. The molecule has 1 rings (SSSR count). The Balaban J connectivity index is 2.48. The molecule has 0 bridgehead atoms. The lowest BCUT2D eigenvalue weighted by molar-refractivity contribution is 0.597. The van der Waals surface area contributed by atoms with E-state index in [1.807, 2.05) is 0 Å². The van der Waals surface area contributed by atoms with Crippen molar-refractivity contribution in [3.05, 3.63) is 29.8 Å². The monoisotopic (exact) mass is 301 g/mol. The first-order valence-corrected chi connectivity index (χ1v) is 7.88. The molecule has 0 aliphatic rings. The van der Waals surface area contributed by atoms with Crippen molar-refractivity contribution in [3.63, 3.8) is 0 Å². The van der Waals surface area contributed by atoms with E-state index in [0.29, 0.717) is 17.6 Å². The molecule has 19 heavy (non-hydrogen) atoms. The first-order chi connectivity index (χ1) is 8.79. The Morgan fingerprint density at radius 3 is 2.32 bits per heavy atom. The van der Waals surface area contributed by atoms with Gasteiger partial charge in [-0.05, 0) is 35.8 Å². The minimum absolute atomic E-state index is 0.108. The predicted molar refractivity (Wildman–Crippen MR) is 80.1 cm³/mol. The summed E-state index contributed by atoms with van der Waals surface area (Å²) >= 11 is 5.12. The molecule has 0 unspecified atom stereocenters. The van der Waals surface area contributed by atoms with Gasteiger partial charge in [0.15, 0.2) is 5.11 Å². The fourth-order valence-corrected chi connectivity index (χ4v) is 2.01. The van der Waals surface area contributed by atoms with Crippen LogP contribution in [0.1, 0.15) is 19.4 Å². The van der Waals surface area contributed by atoms with Crippen molar-refractivity contribution in [3.8, 4) is 0 Å². The van der Waals surface area contributed by atoms with Crippen LogP contribution in [0, 0.1) is 5.92 Å². The number of nitrogens with two attached hydrogens (primary N) is 1. The fourth-order valence-electron chi connectivity index (χ4n) is 1.34. The maximum atomic E-state index is 11.1. The molecule has 0 aromatic heterocycles. The highest BCUT2D eigenvalue weighted by molar-refractivity contribution is 7.89. The van der Waals surface area contributed by atoms with Crippen LogP contribution in [-0.4, -0.2) is 20.1 Å². The van der Waals surface area contributed by atoms with E-state index < -0.39 is 10.0 Å². The zero-order valence-corrected chi connectivity index (χ0v) is 12.6. The van der Waals surface area contributed by atoms with Crippen molar-refractivity contribution >= 4 is 27.4 Å². The summed E-state index contributed by atoms with van der Waals surface area (Å²) in [6.45, 7) is 5.55. The number of primary sulfonamides is 1. The molecule has 106 valence electrons. The standard InChI is InChI=1S/C12H19N3O2S2/c1-9(2)7-14-12(18)15-8-10-3-5-11(6-4-10)19(13,16)17/h3-6,9H,7-8H2,1-2H3,(H2,13,16,17)(H2,14,15,18). The van der Waals surface area contributed by atoms with E-state index in [9.17, 15) is 8.42 Å². The van der Waals surface area contributed by atoms with Gasteiger partial charge in [-0.25, -0.2) is 13.6 Å². The third-order valence-corrected chi connectivity index (χ3v) is 3.59. The van der Waals surface area contributed by atoms with Gasteiger partial charge in [-0.15, -0.1) is 0 Å². The Bertz CT molecular complexity index is 524. The number of sulfonamides is 1. The van der Waals surface area contributed by atoms with Crippen LogP contribution >= 0.6 is 12.2 Å². The molecule has 1 aromatic rings. The molecule has 0 amide bonds. The maximum absolute atomic E-state index is 11.1. The van der Waals surface area contributed by atoms with Crippen molar-refractivity contribution in [2.45, 2.75) is 25.3 Å². The predicted octanol–water partition coefficient (Wildman–Crippen LogP) is 0.954. The first kappa shape index (κ1) is 15.9. The number of benzene rings is 1. The summed E-state index contributed by atoms with van der Waals surface area (Å²) < 4.78 is 22.2. The van der Waals surface area contributed by atoms with Gasteiger partial charge in [-0.3, -0.25) is 0 Å². The minimum atomic E-state index is -3.63. The van der Waals surface area contributed by atoms with Crippen LogP contribution in [0.4, 0.5) is 0 Å². The summed E-state index contributed by atoms with van der Waals surface area (Å²) in [4.78, 5) is 0.108. The lowest BCUT2D eigenvalue weighted by Gasteiger charge is -2.12. The molecule has 0 fully saturated rings. The van der Waals surface area contributed by atoms with E-state index in [-0.39, 0.29) is 4.90 Å². The van der Waals surface area contributed by atoms with E-state index in [4.69, 9.17) is 17.4 Å². The molecule has 4 N–H and O–H groups in total. The van der Waals surface area contributed by atoms with Gasteiger partial charge in [0.25, 0.3) is 0 Å². The van der Waals surface area contributed by atoms with Crippen LogP contribution in [0.5, 0.6) is 0 Å². The molecule has 0 spiro atoms. The molecule has 0 saturated heterocycles. The van der Waals surface area contributed by atoms with Gasteiger partial charge >= 0.3 is 0 Å². The Morgan fingerprint density at radius 1 is 1.26 bits per heavy atom. The van der Waals surface area contributed by atoms with Gasteiger partial charge in [0.2, 0.25) is 10.0 Å². The summed E-state index contributed by atoms with van der Waals surface area (Å²) in [5.74, 6) is 0.522. The van der Waals surface area contributed by atoms with Crippen molar-refractivity contribution in [1.29, 1.82) is 0 Å². The van der Waals surface area contributed by atoms with Gasteiger partial charge in [0.1, 0.15) is 0 Å². The number of rotatable bonds is 5. The molecular weight excluding hydrogens is 282 g/mol. The Kier molecular flexibility index (Phi) is 5.71. The molecule has 7 heteroatoms. The zero-order chi connectivity index (χ0) is 14.5. The molecule has 1 aromatic carbocycles. The lowest BCUT2D eigenvalue weighted by Crippen LogP contribution is -2.36. The van der Waals surface area contributed by atoms with E-state index in [1.165, 1.54) is 12.1 Å². The lowest BCUT2D eigenvalue weighted by atomic mass is 10.2. The van der Waals surface area contributed by atoms with Crippen LogP contribution < -0.4 is 15.8 Å². The van der Waals surface area contributed by atoms with Crippen molar-refractivity contribution in [2.24, 2.45) is 11.1 Å². The Labute approximate surface area is 119 Å². The van der Waals surface area contributed by atoms with Crippen LogP contribution in [0.2, 0.25) is 0 Å². The van der Waals surface area contributed by atoms with Crippen LogP contribution in [0.25, 0.3) is 0 Å². The first-order valence-electron chi connectivity index (χ1n) is 5.92. The smallest absolute Gasteiger partial charge is 0.238 e. The molecule has 0 aliphatic heterocycles. The second-order valence-electron chi connectivity index (χ2n) is 4.65. The summed E-state index contributed by atoms with van der Waals surface area (Å²) in [6, 6.07) is 6.38. The van der Waals surface area contributed by atoms with E-state index in [0.717, 1.165) is 12.1 Å². The highest BCUT2D eigenvalue weighted by Gasteiger charge is 2.06. The molecule has 0 saturated carbocycles. The highest BCUT2D eigenvalue weighted by atomic mass is 32.2. The van der Waals surface area contributed by atoms with E-state index >= 15 is 0 Å². The third-order valence-electron chi connectivity index (χ3n) is 2.38. The number of nitrogens with one attached hydrogen (secondary N) is 2. The largest absolute Gasteiger partial charge is 0.362 e. The van der Waals surface area contributed by atoms with Crippen LogP contribution in [0.3, 0.4) is 0 Å². The normalized spacial score (nSPS) is 11.4. The third kappa shape index (κ3) is 6.00. The van der Waals surface area contributed by atoms with Crippen molar-refractivity contribution in [1.82, 2.24) is 10.6 Å². The number of thiocarbonyl (C=S) groups is 1. The SMILES string of the molecule is CC(C)CNC(=S)NCc1ccc(S(N)(=O)=O)cc1. The second kappa shape index (κ2) is 6.83. The number of hydrogen-bond acceptors (Lipinski definition) is 3. The highest BCUT2D eigenvalue weighted by Crippen LogP contribution is 2.08. The van der Waals surface area contributed by atoms with Crippen LogP contribution in [-0.2, 0) is 16.6 Å². The quantitative estimate of drug-likeness (QED) is 0.705. The van der Waals surface area contributed by atoms with Crippen LogP contribution in [0.15, 0.2) is 29.2 Å². The average molecular weight is 301 g/mol. The summed E-state index contributed by atoms with van der Waals surface area (Å²) in [7, 11) is -3.63. The summed E-state index contributed by atoms with van der Waals surface area (Å²) in [5, 5.41) is 11.8. The minimum Gasteiger partial charge on any atom is -0.362 e. The van der Waals surface area contributed by atoms with E-state index in [2.05, 4.69) is 24.5 Å². The molecule has 0 aliphatic carbocycles. The number of hydrogen-bond donors (Lipinski definition) is 3. The fraction of sp³-hybridized carbons (Fsp3) is 0.417. The molecule has 0 atom stereocenters. The second-order valence-corrected chi connectivity index (χ2v) is 6.62.